The number of fused-ring (bicyclic) bond motifs is 1. The van der Waals surface area contributed by atoms with E-state index in [0.29, 0.717) is 0 Å². The molecule has 0 unspecified atom stereocenters. The maximum Gasteiger partial charge on any atom is 0.412 e. The Morgan fingerprint density at radius 3 is 2.64 bits per heavy atom. The molecule has 110 valence electrons. The molecule has 1 aromatic heterocycles. The highest BCUT2D eigenvalue weighted by Crippen LogP contribution is 2.27. The number of nitrogens with one attached hydrogen (secondary N) is 1. The number of benzene rings is 2. The normalized spacial score (nSPS) is 10.4. The van der Waals surface area contributed by atoms with Crippen molar-refractivity contribution in [2.24, 2.45) is 0 Å². The van der Waals surface area contributed by atoms with Crippen LogP contribution in [0.25, 0.3) is 10.9 Å². The van der Waals surface area contributed by atoms with Crippen LogP contribution in [0.2, 0.25) is 0 Å². The molecule has 2 aromatic carbocycles. The number of anilines is 1. The first kappa shape index (κ1) is 14.8. The maximum atomic E-state index is 12.0. The van der Waals surface area contributed by atoms with Crippen molar-refractivity contribution in [3.8, 4) is 0 Å². The Morgan fingerprint density at radius 1 is 1.09 bits per heavy atom. The van der Waals surface area contributed by atoms with Crippen molar-refractivity contribution in [1.29, 1.82) is 0 Å². The number of carbonyl (C=O) groups excluding carboxylic acids is 1. The molecule has 3 rings (SSSR count). The van der Waals surface area contributed by atoms with Crippen LogP contribution in [0.4, 0.5) is 10.5 Å². The molecule has 1 heterocycles. The molecule has 0 aliphatic rings. The molecule has 0 spiro atoms. The van der Waals surface area contributed by atoms with E-state index in [9.17, 15) is 4.79 Å². The van der Waals surface area contributed by atoms with Gasteiger partial charge in [-0.3, -0.25) is 10.3 Å². The van der Waals surface area contributed by atoms with E-state index in [1.54, 1.807) is 6.20 Å². The Balaban J connectivity index is 1.75. The fourth-order valence-electron chi connectivity index (χ4n) is 2.11. The second-order valence-electron chi connectivity index (χ2n) is 4.69. The number of aromatic nitrogens is 1. The quantitative estimate of drug-likeness (QED) is 0.650. The fourth-order valence-corrected chi connectivity index (χ4v) is 2.67. The van der Waals surface area contributed by atoms with Crippen LogP contribution in [0.3, 0.4) is 0 Å². The Morgan fingerprint density at radius 2 is 1.82 bits per heavy atom. The molecule has 22 heavy (non-hydrogen) atoms. The number of halogens is 1. The Kier molecular flexibility index (Phi) is 4.53. The summed E-state index contributed by atoms with van der Waals surface area (Å²) in [6, 6.07) is 17.3. The molecule has 0 saturated heterocycles. The van der Waals surface area contributed by atoms with Crippen molar-refractivity contribution in [1.82, 2.24) is 4.98 Å². The lowest BCUT2D eigenvalue weighted by atomic mass is 10.2. The molecule has 4 nitrogen and oxygen atoms in total. The van der Waals surface area contributed by atoms with E-state index >= 15 is 0 Å². The van der Waals surface area contributed by atoms with Crippen LogP contribution < -0.4 is 5.32 Å². The van der Waals surface area contributed by atoms with Gasteiger partial charge in [0.1, 0.15) is 6.61 Å². The van der Waals surface area contributed by atoms with E-state index in [2.05, 4.69) is 32.9 Å². The predicted octanol–water partition coefficient (Wildman–Crippen LogP) is 4.59. The molecular weight excluding hydrogens is 391 g/mol. The van der Waals surface area contributed by atoms with Crippen LogP contribution in [-0.4, -0.2) is 11.1 Å². The topological polar surface area (TPSA) is 51.2 Å². The minimum atomic E-state index is -0.474. The summed E-state index contributed by atoms with van der Waals surface area (Å²) in [6.45, 7) is 0.242. The minimum Gasteiger partial charge on any atom is -0.444 e. The highest BCUT2D eigenvalue weighted by atomic mass is 127. The van der Waals surface area contributed by atoms with Crippen LogP contribution in [0, 0.1) is 3.57 Å². The molecule has 1 N–H and O–H groups in total. The average Bonchev–Trinajstić information content (AvgIpc) is 2.56. The zero-order chi connectivity index (χ0) is 15.4. The predicted molar refractivity (Wildman–Crippen MR) is 94.7 cm³/mol. The van der Waals surface area contributed by atoms with Gasteiger partial charge in [-0.2, -0.15) is 0 Å². The van der Waals surface area contributed by atoms with Crippen LogP contribution in [-0.2, 0) is 11.3 Å². The first-order valence-electron chi connectivity index (χ1n) is 6.75. The highest BCUT2D eigenvalue weighted by Gasteiger charge is 2.11. The molecule has 0 saturated carbocycles. The van der Waals surface area contributed by atoms with E-state index in [1.165, 1.54) is 0 Å². The molecule has 5 heteroatoms. The van der Waals surface area contributed by atoms with E-state index in [0.717, 1.165) is 25.7 Å². The van der Waals surface area contributed by atoms with Crippen molar-refractivity contribution < 1.29 is 9.53 Å². The van der Waals surface area contributed by atoms with Gasteiger partial charge in [-0.1, -0.05) is 48.5 Å². The monoisotopic (exact) mass is 404 g/mol. The van der Waals surface area contributed by atoms with Gasteiger partial charge in [0.05, 0.1) is 14.8 Å². The van der Waals surface area contributed by atoms with Crippen LogP contribution in [0.5, 0.6) is 0 Å². The van der Waals surface area contributed by atoms with E-state index < -0.39 is 6.09 Å². The SMILES string of the molecule is O=C(Nc1c(I)cnc2ccccc12)OCc1ccccc1. The zero-order valence-electron chi connectivity index (χ0n) is 11.6. The molecule has 0 radical (unpaired) electrons. The summed E-state index contributed by atoms with van der Waals surface area (Å²) >= 11 is 2.15. The second-order valence-corrected chi connectivity index (χ2v) is 5.85. The second kappa shape index (κ2) is 6.74. The molecule has 3 aromatic rings. The summed E-state index contributed by atoms with van der Waals surface area (Å²) in [5.74, 6) is 0. The first-order valence-corrected chi connectivity index (χ1v) is 7.83. The zero-order valence-corrected chi connectivity index (χ0v) is 13.8. The summed E-state index contributed by atoms with van der Waals surface area (Å²) in [6.07, 6.45) is 1.26. The van der Waals surface area contributed by atoms with Crippen molar-refractivity contribution in [2.75, 3.05) is 5.32 Å². The van der Waals surface area contributed by atoms with Gasteiger partial charge in [0.25, 0.3) is 0 Å². The minimum absolute atomic E-state index is 0.242. The van der Waals surface area contributed by atoms with Crippen molar-refractivity contribution in [2.45, 2.75) is 6.61 Å². The van der Waals surface area contributed by atoms with E-state index in [1.807, 2.05) is 54.6 Å². The van der Waals surface area contributed by atoms with Gasteiger partial charge in [-0.25, -0.2) is 4.79 Å². The lowest BCUT2D eigenvalue weighted by molar-refractivity contribution is 0.155. The van der Waals surface area contributed by atoms with Gasteiger partial charge in [0.15, 0.2) is 0 Å². The number of para-hydroxylation sites is 1. The molecule has 0 aliphatic carbocycles. The van der Waals surface area contributed by atoms with Gasteiger partial charge < -0.3 is 4.74 Å². The van der Waals surface area contributed by atoms with Gasteiger partial charge >= 0.3 is 6.09 Å². The summed E-state index contributed by atoms with van der Waals surface area (Å²) < 4.78 is 6.13. The standard InChI is InChI=1S/C17H13IN2O2/c18-14-10-19-15-9-5-4-8-13(15)16(14)20-17(21)22-11-12-6-2-1-3-7-12/h1-10H,11H2,(H,19,20,21). The van der Waals surface area contributed by atoms with Gasteiger partial charge in [-0.15, -0.1) is 0 Å². The highest BCUT2D eigenvalue weighted by molar-refractivity contribution is 14.1. The molecule has 0 fully saturated rings. The smallest absolute Gasteiger partial charge is 0.412 e. The van der Waals surface area contributed by atoms with Gasteiger partial charge in [0.2, 0.25) is 0 Å². The summed E-state index contributed by atoms with van der Waals surface area (Å²) in [7, 11) is 0. The lowest BCUT2D eigenvalue weighted by Gasteiger charge is -2.11. The molecule has 1 amide bonds. The third kappa shape index (κ3) is 3.36. The number of pyridine rings is 1. The number of nitrogens with zero attached hydrogens (tertiary/aromatic N) is 1. The third-order valence-corrected chi connectivity index (χ3v) is 3.99. The molecule has 0 aliphatic heterocycles. The number of amides is 1. The first-order chi connectivity index (χ1) is 10.7. The van der Waals surface area contributed by atoms with Crippen LogP contribution in [0.1, 0.15) is 5.56 Å². The number of ether oxygens (including phenoxy) is 1. The number of carbonyl (C=O) groups is 1. The Bertz CT molecular complexity index is 806. The molecule has 0 bridgehead atoms. The van der Waals surface area contributed by atoms with Gasteiger partial charge in [-0.05, 0) is 34.2 Å². The van der Waals surface area contributed by atoms with E-state index in [-0.39, 0.29) is 6.61 Å². The third-order valence-electron chi connectivity index (χ3n) is 3.17. The Labute approximate surface area is 141 Å². The van der Waals surface area contributed by atoms with E-state index in [4.69, 9.17) is 4.74 Å². The van der Waals surface area contributed by atoms with Crippen molar-refractivity contribution in [3.63, 3.8) is 0 Å². The average molecular weight is 404 g/mol. The molecule has 0 atom stereocenters. The van der Waals surface area contributed by atoms with Crippen LogP contribution in [0.15, 0.2) is 60.8 Å². The molecular formula is C17H13IN2O2. The summed E-state index contributed by atoms with van der Waals surface area (Å²) in [4.78, 5) is 16.4. The fraction of sp³-hybridized carbons (Fsp3) is 0.0588. The summed E-state index contributed by atoms with van der Waals surface area (Å²) in [5, 5.41) is 3.71. The largest absolute Gasteiger partial charge is 0.444 e. The number of hydrogen-bond acceptors (Lipinski definition) is 3. The Hall–Kier alpha value is -2.15. The summed E-state index contributed by atoms with van der Waals surface area (Å²) in [5.41, 5.74) is 2.51. The van der Waals surface area contributed by atoms with Crippen molar-refractivity contribution >= 4 is 45.3 Å². The lowest BCUT2D eigenvalue weighted by Crippen LogP contribution is -2.14. The van der Waals surface area contributed by atoms with Crippen LogP contribution >= 0.6 is 22.6 Å². The van der Waals surface area contributed by atoms with Gasteiger partial charge in [0, 0.05) is 11.6 Å². The number of rotatable bonds is 3. The number of hydrogen-bond donors (Lipinski definition) is 1. The maximum absolute atomic E-state index is 12.0. The van der Waals surface area contributed by atoms with Crippen molar-refractivity contribution in [3.05, 3.63) is 69.9 Å².